The normalized spacial score (nSPS) is 12.3. The van der Waals surface area contributed by atoms with Gasteiger partial charge in [0.2, 0.25) is 17.6 Å². The highest BCUT2D eigenvalue weighted by Crippen LogP contribution is 2.35. The van der Waals surface area contributed by atoms with Gasteiger partial charge in [-0.05, 0) is 43.3 Å². The largest absolute Gasteiger partial charge is 0.497 e. The topological polar surface area (TPSA) is 100 Å². The maximum atomic E-state index is 13.5. The molecule has 3 heterocycles. The minimum absolute atomic E-state index is 0.187. The number of fused-ring (bicyclic) bond motifs is 3. The molecule has 0 aliphatic carbocycles. The van der Waals surface area contributed by atoms with Crippen LogP contribution < -0.4 is 10.3 Å². The Bertz CT molecular complexity index is 1760. The molecule has 0 N–H and O–H groups in total. The number of rotatable bonds is 6. The highest BCUT2D eigenvalue weighted by molar-refractivity contribution is 7.99. The molecular formula is C26H20N6O3S. The number of methoxy groups -OCH3 is 1. The predicted molar refractivity (Wildman–Crippen MR) is 137 cm³/mol. The Labute approximate surface area is 209 Å². The van der Waals surface area contributed by atoms with E-state index in [1.54, 1.807) is 23.8 Å². The van der Waals surface area contributed by atoms with Crippen molar-refractivity contribution in [2.75, 3.05) is 7.11 Å². The monoisotopic (exact) mass is 496 g/mol. The van der Waals surface area contributed by atoms with E-state index in [4.69, 9.17) is 9.15 Å². The molecule has 0 aliphatic rings. The summed E-state index contributed by atoms with van der Waals surface area (Å²) in [5.74, 6) is 1.97. The third-order valence-corrected chi connectivity index (χ3v) is 6.83. The van der Waals surface area contributed by atoms with Crippen LogP contribution in [0.4, 0.5) is 0 Å². The van der Waals surface area contributed by atoms with Crippen LogP contribution in [0.5, 0.6) is 5.75 Å². The number of para-hydroxylation sites is 1. The summed E-state index contributed by atoms with van der Waals surface area (Å²) in [5, 5.41) is 18.2. The van der Waals surface area contributed by atoms with E-state index in [9.17, 15) is 4.79 Å². The molecule has 1 atom stereocenters. The molecular weight excluding hydrogens is 476 g/mol. The van der Waals surface area contributed by atoms with Crippen molar-refractivity contribution in [3.63, 3.8) is 0 Å². The van der Waals surface area contributed by atoms with Crippen LogP contribution in [0.2, 0.25) is 0 Å². The van der Waals surface area contributed by atoms with Crippen molar-refractivity contribution in [2.24, 2.45) is 0 Å². The quantitative estimate of drug-likeness (QED) is 0.299. The van der Waals surface area contributed by atoms with Crippen LogP contribution in [0, 0.1) is 0 Å². The summed E-state index contributed by atoms with van der Waals surface area (Å²) in [6.07, 6.45) is 0. The Kier molecular flexibility index (Phi) is 5.49. The van der Waals surface area contributed by atoms with Gasteiger partial charge in [0.1, 0.15) is 5.75 Å². The summed E-state index contributed by atoms with van der Waals surface area (Å²) >= 11 is 1.43. The fourth-order valence-corrected chi connectivity index (χ4v) is 4.93. The Morgan fingerprint density at radius 2 is 1.72 bits per heavy atom. The minimum atomic E-state index is -0.210. The number of benzene rings is 3. The van der Waals surface area contributed by atoms with Gasteiger partial charge in [-0.15, -0.1) is 20.4 Å². The van der Waals surface area contributed by atoms with Crippen LogP contribution in [-0.4, -0.2) is 36.5 Å². The Morgan fingerprint density at radius 3 is 2.56 bits per heavy atom. The van der Waals surface area contributed by atoms with E-state index in [-0.39, 0.29) is 10.8 Å². The highest BCUT2D eigenvalue weighted by atomic mass is 32.2. The smallest absolute Gasteiger partial charge is 0.267 e. The first-order valence-electron chi connectivity index (χ1n) is 11.2. The lowest BCUT2D eigenvalue weighted by atomic mass is 10.2. The number of aromatic nitrogens is 6. The minimum Gasteiger partial charge on any atom is -0.497 e. The van der Waals surface area contributed by atoms with Crippen molar-refractivity contribution in [1.29, 1.82) is 0 Å². The van der Waals surface area contributed by atoms with Gasteiger partial charge in [-0.3, -0.25) is 9.20 Å². The van der Waals surface area contributed by atoms with Crippen molar-refractivity contribution in [3.05, 3.63) is 95.1 Å². The molecule has 0 radical (unpaired) electrons. The van der Waals surface area contributed by atoms with Crippen molar-refractivity contribution < 1.29 is 9.15 Å². The van der Waals surface area contributed by atoms with Crippen LogP contribution in [0.25, 0.3) is 33.8 Å². The molecule has 6 aromatic rings. The molecule has 6 rings (SSSR count). The molecule has 0 saturated heterocycles. The molecule has 0 amide bonds. The van der Waals surface area contributed by atoms with Crippen LogP contribution in [0.3, 0.4) is 0 Å². The zero-order valence-electron chi connectivity index (χ0n) is 19.4. The summed E-state index contributed by atoms with van der Waals surface area (Å²) < 4.78 is 14.7. The standard InChI is InChI=1S/C26H20N6O3S/c1-16(22-27-28-23(35-22)17-9-4-3-5-10-17)36-26-30-29-25-31(18-11-8-12-19(15-18)34-2)24(33)20-13-6-7-14-21(20)32(25)26/h3-16H,1-2H3. The number of ether oxygens (including phenoxy) is 1. The van der Waals surface area contributed by atoms with Crippen molar-refractivity contribution in [3.8, 4) is 22.9 Å². The van der Waals surface area contributed by atoms with Crippen LogP contribution in [-0.2, 0) is 0 Å². The third kappa shape index (κ3) is 3.72. The van der Waals surface area contributed by atoms with E-state index in [2.05, 4.69) is 20.4 Å². The number of hydrogen-bond donors (Lipinski definition) is 0. The third-order valence-electron chi connectivity index (χ3n) is 5.80. The molecule has 3 aromatic heterocycles. The predicted octanol–water partition coefficient (Wildman–Crippen LogP) is 4.95. The second kappa shape index (κ2) is 8.97. The van der Waals surface area contributed by atoms with Gasteiger partial charge in [-0.25, -0.2) is 4.57 Å². The van der Waals surface area contributed by atoms with Gasteiger partial charge in [0, 0.05) is 11.6 Å². The molecule has 9 nitrogen and oxygen atoms in total. The maximum absolute atomic E-state index is 13.5. The van der Waals surface area contributed by atoms with Crippen molar-refractivity contribution in [1.82, 2.24) is 29.4 Å². The van der Waals surface area contributed by atoms with E-state index in [1.807, 2.05) is 78.1 Å². The molecule has 0 aliphatic heterocycles. The van der Waals surface area contributed by atoms with Gasteiger partial charge in [0.15, 0.2) is 5.16 Å². The highest BCUT2D eigenvalue weighted by Gasteiger charge is 2.22. The lowest BCUT2D eigenvalue weighted by Gasteiger charge is -2.12. The summed E-state index contributed by atoms with van der Waals surface area (Å²) in [6, 6.07) is 24.3. The van der Waals surface area contributed by atoms with Crippen molar-refractivity contribution in [2.45, 2.75) is 17.3 Å². The molecule has 0 bridgehead atoms. The summed E-state index contributed by atoms with van der Waals surface area (Å²) in [5.41, 5.74) is 2.02. The van der Waals surface area contributed by atoms with E-state index in [1.165, 1.54) is 11.8 Å². The molecule has 0 saturated carbocycles. The molecule has 1 unspecified atom stereocenters. The summed E-state index contributed by atoms with van der Waals surface area (Å²) in [4.78, 5) is 13.5. The molecule has 10 heteroatoms. The number of thioether (sulfide) groups is 1. The second-order valence-corrected chi connectivity index (χ2v) is 9.36. The summed E-state index contributed by atoms with van der Waals surface area (Å²) in [6.45, 7) is 1.97. The van der Waals surface area contributed by atoms with Gasteiger partial charge >= 0.3 is 0 Å². The average Bonchev–Trinajstić information content (AvgIpc) is 3.58. The van der Waals surface area contributed by atoms with Gasteiger partial charge in [-0.1, -0.05) is 48.2 Å². The Hall–Kier alpha value is -4.44. The van der Waals surface area contributed by atoms with E-state index >= 15 is 0 Å². The van der Waals surface area contributed by atoms with Crippen molar-refractivity contribution >= 4 is 28.4 Å². The molecule has 178 valence electrons. The average molecular weight is 497 g/mol. The van der Waals surface area contributed by atoms with Gasteiger partial charge in [0.05, 0.1) is 29.0 Å². The zero-order chi connectivity index (χ0) is 24.6. The van der Waals surface area contributed by atoms with Gasteiger partial charge < -0.3 is 9.15 Å². The van der Waals surface area contributed by atoms with E-state index in [0.29, 0.717) is 45.1 Å². The lowest BCUT2D eigenvalue weighted by Crippen LogP contribution is -2.21. The fraction of sp³-hybridized carbons (Fsp3) is 0.115. The zero-order valence-corrected chi connectivity index (χ0v) is 20.2. The van der Waals surface area contributed by atoms with Gasteiger partial charge in [-0.2, -0.15) is 0 Å². The SMILES string of the molecule is COc1cccc(-n2c(=O)c3ccccc3n3c(SC(C)c4nnc(-c5ccccc5)o4)nnc23)c1. The van der Waals surface area contributed by atoms with Gasteiger partial charge in [0.25, 0.3) is 5.56 Å². The number of hydrogen-bond acceptors (Lipinski definition) is 8. The van der Waals surface area contributed by atoms with Crippen LogP contribution in [0.1, 0.15) is 18.1 Å². The molecule has 3 aromatic carbocycles. The first-order valence-corrected chi connectivity index (χ1v) is 12.1. The number of nitrogens with zero attached hydrogens (tertiary/aromatic N) is 6. The molecule has 0 spiro atoms. The summed E-state index contributed by atoms with van der Waals surface area (Å²) in [7, 11) is 1.59. The molecule has 0 fully saturated rings. The molecule has 36 heavy (non-hydrogen) atoms. The second-order valence-electron chi connectivity index (χ2n) is 8.05. The maximum Gasteiger partial charge on any atom is 0.267 e. The Morgan fingerprint density at radius 1 is 0.917 bits per heavy atom. The Balaban J connectivity index is 1.46. The van der Waals surface area contributed by atoms with E-state index < -0.39 is 0 Å². The lowest BCUT2D eigenvalue weighted by molar-refractivity contribution is 0.414. The first kappa shape index (κ1) is 22.1. The van der Waals surface area contributed by atoms with Crippen LogP contribution >= 0.6 is 11.8 Å². The van der Waals surface area contributed by atoms with E-state index in [0.717, 1.165) is 5.56 Å². The fourth-order valence-electron chi connectivity index (χ4n) is 4.04. The van der Waals surface area contributed by atoms with Crippen LogP contribution in [0.15, 0.2) is 93.2 Å². The first-order chi connectivity index (χ1) is 17.6.